The van der Waals surface area contributed by atoms with Crippen molar-refractivity contribution in [2.45, 2.75) is 159 Å². The minimum Gasteiger partial charge on any atom is -0.497 e. The van der Waals surface area contributed by atoms with E-state index in [0.717, 1.165) is 15.0 Å². The molecule has 1 N–H and O–H groups in total. The van der Waals surface area contributed by atoms with Gasteiger partial charge < -0.3 is 42.7 Å². The SMILES string of the molecule is COc1ccc(Cn2c(=O)ccn([C@@H]3O[C@H]([C@@H](CC[C@H]4OC(O)[C@H](N5C(=O)c6ccccc6C5=O)[C@H]5OC(C)(C)O[C@H]54)O[Si](C)(C)C(C)(C)C)[C@H]4OC(C)(C)O[C@H]43)c2=O)cc1. The molecule has 5 aliphatic rings. The molecule has 2 aromatic carbocycles. The minimum atomic E-state index is -2.55. The Labute approximate surface area is 355 Å². The number of carbonyl (C=O) groups excluding carboxylic acids is 2. The normalized spacial score (nSPS) is 30.9. The number of aliphatic hydroxyl groups is 1. The average Bonchev–Trinajstić information content (AvgIpc) is 3.88. The molecule has 0 saturated carbocycles. The van der Waals surface area contributed by atoms with Crippen LogP contribution in [-0.2, 0) is 39.4 Å². The van der Waals surface area contributed by atoms with E-state index >= 15 is 0 Å². The number of imide groups is 1. The van der Waals surface area contributed by atoms with Gasteiger partial charge in [0.1, 0.15) is 42.3 Å². The molecule has 16 nitrogen and oxygen atoms in total. The summed E-state index contributed by atoms with van der Waals surface area (Å²) in [4.78, 5) is 55.7. The highest BCUT2D eigenvalue weighted by molar-refractivity contribution is 6.74. The molecule has 6 heterocycles. The van der Waals surface area contributed by atoms with E-state index in [-0.39, 0.29) is 29.1 Å². The number of carbonyl (C=O) groups is 2. The van der Waals surface area contributed by atoms with Crippen LogP contribution in [0.15, 0.2) is 70.4 Å². The Morgan fingerprint density at radius 3 is 2.00 bits per heavy atom. The predicted molar refractivity (Wildman–Crippen MR) is 222 cm³/mol. The van der Waals surface area contributed by atoms with Crippen molar-refractivity contribution < 1.29 is 52.3 Å². The molecule has 1 aromatic heterocycles. The van der Waals surface area contributed by atoms with Crippen LogP contribution in [0.25, 0.3) is 0 Å². The summed E-state index contributed by atoms with van der Waals surface area (Å²) in [5.41, 5.74) is 0.181. The van der Waals surface area contributed by atoms with Gasteiger partial charge in [0.15, 0.2) is 32.4 Å². The van der Waals surface area contributed by atoms with Gasteiger partial charge in [-0.25, -0.2) is 4.79 Å². The van der Waals surface area contributed by atoms with Crippen LogP contribution in [0.2, 0.25) is 18.1 Å². The molecule has 330 valence electrons. The summed E-state index contributed by atoms with van der Waals surface area (Å²) in [6.07, 6.45) is -5.80. The zero-order valence-electron chi connectivity index (χ0n) is 36.4. The van der Waals surface area contributed by atoms with Crippen LogP contribution >= 0.6 is 0 Å². The lowest BCUT2D eigenvalue weighted by Crippen LogP contribution is -2.63. The molecular formula is C44H57N3O13Si. The number of aliphatic hydroxyl groups excluding tert-OH is 1. The van der Waals surface area contributed by atoms with E-state index < -0.39 is 104 Å². The summed E-state index contributed by atoms with van der Waals surface area (Å²) in [6.45, 7) is 17.8. The first-order valence-corrected chi connectivity index (χ1v) is 23.8. The monoisotopic (exact) mass is 863 g/mol. The third-order valence-corrected chi connectivity index (χ3v) is 17.4. The second-order valence-electron chi connectivity index (χ2n) is 19.0. The lowest BCUT2D eigenvalue weighted by atomic mass is 9.91. The molecule has 0 bridgehead atoms. The van der Waals surface area contributed by atoms with Crippen molar-refractivity contribution in [2.24, 2.45) is 0 Å². The molecule has 0 spiro atoms. The molecule has 3 aromatic rings. The number of rotatable bonds is 11. The maximum absolute atomic E-state index is 14.2. The number of amides is 2. The van der Waals surface area contributed by atoms with Gasteiger partial charge in [0.2, 0.25) is 0 Å². The lowest BCUT2D eigenvalue weighted by molar-refractivity contribution is -0.237. The maximum atomic E-state index is 14.2. The fraction of sp³-hybridized carbons (Fsp3) is 0.591. The van der Waals surface area contributed by atoms with E-state index in [1.165, 1.54) is 16.8 Å². The Kier molecular flexibility index (Phi) is 11.2. The van der Waals surface area contributed by atoms with Crippen molar-refractivity contribution in [3.05, 3.63) is 98.3 Å². The molecule has 5 aliphatic heterocycles. The summed E-state index contributed by atoms with van der Waals surface area (Å²) in [6, 6.07) is 13.8. The third-order valence-electron chi connectivity index (χ3n) is 12.9. The van der Waals surface area contributed by atoms with Crippen LogP contribution < -0.4 is 16.0 Å². The number of benzene rings is 2. The molecule has 4 saturated heterocycles. The van der Waals surface area contributed by atoms with Gasteiger partial charge in [-0.05, 0) is 88.5 Å². The summed E-state index contributed by atoms with van der Waals surface area (Å²) in [7, 11) is -0.980. The molecule has 4 fully saturated rings. The smallest absolute Gasteiger partial charge is 0.333 e. The van der Waals surface area contributed by atoms with Crippen molar-refractivity contribution in [3.63, 3.8) is 0 Å². The molecule has 2 amide bonds. The minimum absolute atomic E-state index is 0.0264. The molecular weight excluding hydrogens is 807 g/mol. The molecule has 0 aliphatic carbocycles. The van der Waals surface area contributed by atoms with Crippen molar-refractivity contribution in [1.29, 1.82) is 0 Å². The van der Waals surface area contributed by atoms with Crippen LogP contribution in [-0.4, -0.2) is 113 Å². The van der Waals surface area contributed by atoms with Crippen LogP contribution in [0, 0.1) is 0 Å². The fourth-order valence-electron chi connectivity index (χ4n) is 8.94. The quantitative estimate of drug-likeness (QED) is 0.210. The van der Waals surface area contributed by atoms with Crippen LogP contribution in [0.3, 0.4) is 0 Å². The van der Waals surface area contributed by atoms with Gasteiger partial charge in [-0.15, -0.1) is 0 Å². The highest BCUT2D eigenvalue weighted by Gasteiger charge is 2.62. The van der Waals surface area contributed by atoms with Gasteiger partial charge in [0.25, 0.3) is 17.4 Å². The highest BCUT2D eigenvalue weighted by Crippen LogP contribution is 2.48. The molecule has 1 unspecified atom stereocenters. The molecule has 10 atom stereocenters. The standard InChI is InChI=1S/C44H57N3O13Si/c1-42(2,3)61(9,10)60-29(20-19-28-33-34(57-43(4,5)56-33)31(40(51)54-28)47-37(49)26-13-11-12-14-27(26)38(47)50)32-35-36(59-44(6,7)58-35)39(55-32)45-22-21-30(48)46(41(45)52)23-24-15-17-25(53-8)18-16-24/h11-18,21-22,28-29,31-36,39-40,51H,19-20,23H2,1-10H3/t28-,29-,31-,32-,33+,34-,35-,36-,39-,40?/m1/s1. The Hall–Kier alpha value is -4.04. The van der Waals surface area contributed by atoms with Crippen molar-refractivity contribution in [3.8, 4) is 5.75 Å². The second-order valence-corrected chi connectivity index (χ2v) is 23.7. The van der Waals surface area contributed by atoms with Crippen LogP contribution in [0.1, 0.15) is 93.8 Å². The summed E-state index contributed by atoms with van der Waals surface area (Å²) < 4.78 is 54.0. The number of methoxy groups -OCH3 is 1. The fourth-order valence-corrected chi connectivity index (χ4v) is 10.3. The van der Waals surface area contributed by atoms with E-state index in [4.69, 9.17) is 37.6 Å². The first-order valence-electron chi connectivity index (χ1n) is 20.9. The van der Waals surface area contributed by atoms with Crippen molar-refractivity contribution in [2.75, 3.05) is 7.11 Å². The number of hydrogen-bond donors (Lipinski definition) is 1. The van der Waals surface area contributed by atoms with Gasteiger partial charge in [0.05, 0.1) is 37.0 Å². The van der Waals surface area contributed by atoms with Crippen LogP contribution in [0.5, 0.6) is 5.75 Å². The topological polar surface area (TPSA) is 175 Å². The zero-order valence-corrected chi connectivity index (χ0v) is 37.4. The third kappa shape index (κ3) is 7.97. The zero-order chi connectivity index (χ0) is 44.0. The maximum Gasteiger partial charge on any atom is 0.333 e. The molecule has 61 heavy (non-hydrogen) atoms. The Bertz CT molecular complexity index is 2250. The van der Waals surface area contributed by atoms with E-state index in [0.29, 0.717) is 12.2 Å². The number of hydrogen-bond acceptors (Lipinski definition) is 13. The van der Waals surface area contributed by atoms with Crippen molar-refractivity contribution >= 4 is 20.1 Å². The molecule has 8 rings (SSSR count). The lowest BCUT2D eigenvalue weighted by Gasteiger charge is -2.44. The Morgan fingerprint density at radius 2 is 1.39 bits per heavy atom. The first-order chi connectivity index (χ1) is 28.6. The van der Waals surface area contributed by atoms with Gasteiger partial charge in [-0.2, -0.15) is 0 Å². The highest BCUT2D eigenvalue weighted by atomic mass is 28.4. The van der Waals surface area contributed by atoms with E-state index in [1.54, 1.807) is 83.3 Å². The number of ether oxygens (including phenoxy) is 7. The number of nitrogens with zero attached hydrogens (tertiary/aromatic N) is 3. The second kappa shape index (κ2) is 15.6. The van der Waals surface area contributed by atoms with Crippen LogP contribution in [0.4, 0.5) is 0 Å². The van der Waals surface area contributed by atoms with Gasteiger partial charge in [0, 0.05) is 12.3 Å². The van der Waals surface area contributed by atoms with Gasteiger partial charge in [-0.1, -0.05) is 45.0 Å². The predicted octanol–water partition coefficient (Wildman–Crippen LogP) is 4.56. The first kappa shape index (κ1) is 43.6. The van der Waals surface area contributed by atoms with E-state index in [1.807, 2.05) is 0 Å². The van der Waals surface area contributed by atoms with Gasteiger partial charge >= 0.3 is 5.69 Å². The van der Waals surface area contributed by atoms with E-state index in [2.05, 4.69) is 33.9 Å². The van der Waals surface area contributed by atoms with E-state index in [9.17, 15) is 24.3 Å². The summed E-state index contributed by atoms with van der Waals surface area (Å²) >= 11 is 0. The van der Waals surface area contributed by atoms with Gasteiger partial charge in [-0.3, -0.25) is 28.4 Å². The Morgan fingerprint density at radius 1 is 0.803 bits per heavy atom. The molecule has 17 heteroatoms. The Balaban J connectivity index is 1.09. The summed E-state index contributed by atoms with van der Waals surface area (Å²) in [5, 5.41) is 11.5. The number of fused-ring (bicyclic) bond motifs is 3. The summed E-state index contributed by atoms with van der Waals surface area (Å²) in [5.74, 6) is -2.59. The number of aromatic nitrogens is 2. The average molecular weight is 864 g/mol. The molecule has 0 radical (unpaired) electrons. The van der Waals surface area contributed by atoms with Crippen molar-refractivity contribution in [1.82, 2.24) is 14.0 Å². The largest absolute Gasteiger partial charge is 0.497 e.